The van der Waals surface area contributed by atoms with E-state index in [0.29, 0.717) is 27.9 Å². The minimum Gasteiger partial charge on any atom is -0.489 e. The molecule has 0 spiro atoms. The number of pyridine rings is 1. The third-order valence-electron chi connectivity index (χ3n) is 5.76. The molecular weight excluding hydrogens is 521 g/mol. The lowest BCUT2D eigenvalue weighted by atomic mass is 9.77. The summed E-state index contributed by atoms with van der Waals surface area (Å²) >= 11 is 12.2. The van der Waals surface area contributed by atoms with Crippen LogP contribution in [0.15, 0.2) is 54.7 Å². The molecule has 11 heteroatoms. The van der Waals surface area contributed by atoms with Crippen LogP contribution in [0.5, 0.6) is 5.75 Å². The summed E-state index contributed by atoms with van der Waals surface area (Å²) in [6.07, 6.45) is 2.77. The zero-order valence-electron chi connectivity index (χ0n) is 19.8. The number of alkyl halides is 1. The smallest absolute Gasteiger partial charge is 0.256 e. The fraction of sp³-hybridized carbons (Fsp3) is 0.240. The fourth-order valence-corrected chi connectivity index (χ4v) is 4.61. The van der Waals surface area contributed by atoms with E-state index in [4.69, 9.17) is 27.9 Å². The molecular formula is C25H23Cl2N5O3S. The summed E-state index contributed by atoms with van der Waals surface area (Å²) in [5, 5.41) is 14.1. The predicted octanol–water partition coefficient (Wildman–Crippen LogP) is 5.24. The second kappa shape index (κ2) is 9.97. The lowest BCUT2D eigenvalue weighted by Gasteiger charge is -2.27. The Morgan fingerprint density at radius 2 is 1.83 bits per heavy atom. The van der Waals surface area contributed by atoms with E-state index in [9.17, 15) is 13.7 Å². The van der Waals surface area contributed by atoms with Gasteiger partial charge in [0, 0.05) is 11.6 Å². The van der Waals surface area contributed by atoms with Gasteiger partial charge in [-0.05, 0) is 46.5 Å². The van der Waals surface area contributed by atoms with Gasteiger partial charge < -0.3 is 4.74 Å². The van der Waals surface area contributed by atoms with Gasteiger partial charge in [0.15, 0.2) is 11.4 Å². The Morgan fingerprint density at radius 3 is 2.47 bits per heavy atom. The van der Waals surface area contributed by atoms with Crippen LogP contribution in [0.2, 0.25) is 5.02 Å². The molecule has 0 saturated heterocycles. The third-order valence-corrected chi connectivity index (χ3v) is 6.75. The Balaban J connectivity index is 1.63. The molecule has 0 amide bonds. The summed E-state index contributed by atoms with van der Waals surface area (Å²) < 4.78 is 32.3. The van der Waals surface area contributed by atoms with Crippen LogP contribution in [0.4, 0.5) is 5.95 Å². The average molecular weight is 544 g/mol. The molecule has 2 aromatic carbocycles. The van der Waals surface area contributed by atoms with Gasteiger partial charge in [-0.2, -0.15) is 10.2 Å². The number of sulfonamides is 1. The van der Waals surface area contributed by atoms with Crippen molar-refractivity contribution >= 4 is 44.8 Å². The van der Waals surface area contributed by atoms with E-state index in [2.05, 4.69) is 34.7 Å². The Morgan fingerprint density at radius 1 is 1.11 bits per heavy atom. The third kappa shape index (κ3) is 5.41. The van der Waals surface area contributed by atoms with Gasteiger partial charge in [-0.1, -0.05) is 49.7 Å². The number of rotatable bonds is 8. The molecule has 8 nitrogen and oxygen atoms in total. The number of nitrogens with one attached hydrogen (secondary N) is 1. The van der Waals surface area contributed by atoms with Crippen LogP contribution in [-0.4, -0.2) is 41.8 Å². The first-order valence-corrected chi connectivity index (χ1v) is 13.7. The average Bonchev–Trinajstić information content (AvgIpc) is 3.22. The molecule has 0 saturated carbocycles. The van der Waals surface area contributed by atoms with Crippen molar-refractivity contribution in [3.8, 4) is 22.9 Å². The van der Waals surface area contributed by atoms with Crippen molar-refractivity contribution < 1.29 is 13.2 Å². The van der Waals surface area contributed by atoms with Gasteiger partial charge in [-0.25, -0.2) is 12.9 Å². The van der Waals surface area contributed by atoms with E-state index in [0.717, 1.165) is 28.5 Å². The highest BCUT2D eigenvalue weighted by Gasteiger charge is 2.26. The first kappa shape index (κ1) is 25.8. The van der Waals surface area contributed by atoms with Gasteiger partial charge in [-0.3, -0.25) is 4.72 Å². The number of ether oxygens (including phenoxy) is 1. The minimum absolute atomic E-state index is 0.0150. The Hall–Kier alpha value is -3.32. The molecule has 0 fully saturated rings. The van der Waals surface area contributed by atoms with Gasteiger partial charge >= 0.3 is 0 Å². The lowest BCUT2D eigenvalue weighted by Crippen LogP contribution is -2.19. The normalized spacial score (nSPS) is 11.9. The molecule has 2 heterocycles. The quantitative estimate of drug-likeness (QED) is 0.304. The maximum Gasteiger partial charge on any atom is 0.256 e. The molecule has 0 aliphatic heterocycles. The van der Waals surface area contributed by atoms with Gasteiger partial charge in [0.25, 0.3) is 5.95 Å². The van der Waals surface area contributed by atoms with Crippen molar-refractivity contribution in [1.29, 1.82) is 5.26 Å². The topological polar surface area (TPSA) is 109 Å². The van der Waals surface area contributed by atoms with Crippen LogP contribution in [0, 0.1) is 11.3 Å². The second-order valence-electron chi connectivity index (χ2n) is 8.71. The summed E-state index contributed by atoms with van der Waals surface area (Å²) in [7, 11) is -3.47. The maximum atomic E-state index is 11.5. The molecule has 0 bridgehead atoms. The first-order chi connectivity index (χ1) is 17.0. The second-order valence-corrected chi connectivity index (χ2v) is 11.2. The summed E-state index contributed by atoms with van der Waals surface area (Å²) in [6, 6.07) is 17.5. The lowest BCUT2D eigenvalue weighted by molar-refractivity contribution is 0.341. The van der Waals surface area contributed by atoms with E-state index in [-0.39, 0.29) is 12.6 Å². The first-order valence-electron chi connectivity index (χ1n) is 10.9. The number of nitriles is 1. The molecule has 4 aromatic rings. The summed E-state index contributed by atoms with van der Waals surface area (Å²) in [4.78, 5) is 4.24. The van der Waals surface area contributed by atoms with Crippen LogP contribution in [-0.2, 0) is 15.4 Å². The van der Waals surface area contributed by atoms with Gasteiger partial charge in [0.2, 0.25) is 10.0 Å². The van der Waals surface area contributed by atoms with Crippen molar-refractivity contribution in [2.75, 3.05) is 23.5 Å². The van der Waals surface area contributed by atoms with Crippen molar-refractivity contribution in [3.05, 3.63) is 76.4 Å². The van der Waals surface area contributed by atoms with E-state index < -0.39 is 15.4 Å². The summed E-state index contributed by atoms with van der Waals surface area (Å²) in [5.41, 5.74) is 4.20. The number of anilines is 1. The molecule has 0 atom stereocenters. The van der Waals surface area contributed by atoms with E-state index >= 15 is 0 Å². The molecule has 0 unspecified atom stereocenters. The summed E-state index contributed by atoms with van der Waals surface area (Å²) in [6.45, 7) is 4.38. The highest BCUT2D eigenvalue weighted by atomic mass is 35.5. The molecule has 0 aliphatic carbocycles. The number of benzene rings is 2. The zero-order valence-corrected chi connectivity index (χ0v) is 22.1. The van der Waals surface area contributed by atoms with Crippen molar-refractivity contribution in [2.45, 2.75) is 19.3 Å². The molecule has 0 radical (unpaired) electrons. The largest absolute Gasteiger partial charge is 0.489 e. The number of fused-ring (bicyclic) bond motifs is 1. The van der Waals surface area contributed by atoms with E-state index in [1.165, 1.54) is 4.52 Å². The van der Waals surface area contributed by atoms with Gasteiger partial charge in [-0.15, -0.1) is 16.7 Å². The molecule has 36 heavy (non-hydrogen) atoms. The Kier molecular flexibility index (Phi) is 7.14. The monoisotopic (exact) mass is 543 g/mol. The van der Waals surface area contributed by atoms with Crippen molar-refractivity contribution in [3.63, 3.8) is 0 Å². The molecule has 0 aliphatic rings. The van der Waals surface area contributed by atoms with Gasteiger partial charge in [0.1, 0.15) is 12.7 Å². The maximum absolute atomic E-state index is 11.5. The van der Waals surface area contributed by atoms with Crippen molar-refractivity contribution in [2.24, 2.45) is 0 Å². The van der Waals surface area contributed by atoms with Crippen LogP contribution in [0.1, 0.15) is 30.5 Å². The molecule has 1 N–H and O–H groups in total. The van der Waals surface area contributed by atoms with Crippen LogP contribution in [0.3, 0.4) is 0 Å². The van der Waals surface area contributed by atoms with Crippen molar-refractivity contribution in [1.82, 2.24) is 14.6 Å². The summed E-state index contributed by atoms with van der Waals surface area (Å²) in [5.74, 6) is 0.651. The number of halogens is 2. The number of hydrogen-bond acceptors (Lipinski definition) is 6. The molecule has 2 aromatic heterocycles. The highest BCUT2D eigenvalue weighted by molar-refractivity contribution is 7.91. The molecule has 4 rings (SSSR count). The number of aromatic nitrogens is 3. The predicted molar refractivity (Wildman–Crippen MR) is 141 cm³/mol. The van der Waals surface area contributed by atoms with Crippen LogP contribution in [0.25, 0.3) is 16.8 Å². The van der Waals surface area contributed by atoms with Crippen LogP contribution < -0.4 is 9.46 Å². The standard InChI is InChI=1S/C25H23Cl2N5O3S/c1-25(2,20-12-18(15-28)23(21(27)14-20)35-11-9-26)19-6-4-16(5-7-19)17-8-10-32-22(13-17)29-24(30-32)31-36(3,33)34/h4-8,10,12-14H,9,11H2,1-3H3,(H,30,31). The number of nitrogens with zero attached hydrogens (tertiary/aromatic N) is 4. The van der Waals surface area contributed by atoms with E-state index in [1.807, 2.05) is 42.5 Å². The van der Waals surface area contributed by atoms with Crippen LogP contribution >= 0.6 is 23.2 Å². The Labute approximate surface area is 219 Å². The van der Waals surface area contributed by atoms with Gasteiger partial charge in [0.05, 0.1) is 22.7 Å². The minimum atomic E-state index is -3.47. The Bertz CT molecular complexity index is 1580. The number of hydrogen-bond donors (Lipinski definition) is 1. The fourth-order valence-electron chi connectivity index (χ4n) is 3.84. The SMILES string of the molecule is CC(C)(c1ccc(-c2ccn3nc(NS(C)(=O)=O)nc3c2)cc1)c1cc(Cl)c(OCCCl)c(C#N)c1. The highest BCUT2D eigenvalue weighted by Crippen LogP contribution is 2.38. The molecule has 186 valence electrons. The van der Waals surface area contributed by atoms with E-state index in [1.54, 1.807) is 12.3 Å². The zero-order chi connectivity index (χ0) is 26.1.